The van der Waals surface area contributed by atoms with Gasteiger partial charge >= 0.3 is 6.18 Å². The number of fused-ring (bicyclic) bond motifs is 2. The van der Waals surface area contributed by atoms with Gasteiger partial charge in [-0.25, -0.2) is 9.50 Å². The number of aromatic nitrogens is 3. The van der Waals surface area contributed by atoms with Gasteiger partial charge in [-0.1, -0.05) is 18.2 Å². The van der Waals surface area contributed by atoms with Crippen molar-refractivity contribution in [3.8, 4) is 0 Å². The number of rotatable bonds is 3. The summed E-state index contributed by atoms with van der Waals surface area (Å²) in [6.45, 7) is 3.49. The van der Waals surface area contributed by atoms with E-state index in [1.54, 1.807) is 27.7 Å². The van der Waals surface area contributed by atoms with Crippen molar-refractivity contribution in [3.63, 3.8) is 0 Å². The number of nitrogens with two attached hydrogens (primary N) is 1. The second kappa shape index (κ2) is 8.45. The number of alkyl halides is 3. The van der Waals surface area contributed by atoms with E-state index >= 15 is 0 Å². The van der Waals surface area contributed by atoms with Crippen LogP contribution in [0.15, 0.2) is 42.6 Å². The van der Waals surface area contributed by atoms with Crippen molar-refractivity contribution < 1.29 is 22.7 Å². The lowest BCUT2D eigenvalue weighted by atomic mass is 9.89. The molecule has 3 aromatic rings. The molecule has 1 saturated carbocycles. The Morgan fingerprint density at radius 2 is 1.92 bits per heavy atom. The molecule has 0 bridgehead atoms. The first-order valence-corrected chi connectivity index (χ1v) is 12.1. The summed E-state index contributed by atoms with van der Waals surface area (Å²) in [5, 5.41) is 4.61. The Bertz CT molecular complexity index is 1300. The standard InChI is InChI=1S/C25H27F3N6O2/c26-25(27,28)19-4-2-1-3-18(19)16-11-17-13-33(15-24(17,29)12-16)23(35)20-14-34-21(30-20)5-6-22(31-34)32-7-9-36-10-8-32/h1-6,14,16-17H,7-13,15,29H2/t16-,17-,24-/m1/s1. The summed E-state index contributed by atoms with van der Waals surface area (Å²) in [6, 6.07) is 9.45. The van der Waals surface area contributed by atoms with Crippen LogP contribution in [0.1, 0.15) is 40.4 Å². The molecule has 2 N–H and O–H groups in total. The average molecular weight is 501 g/mol. The van der Waals surface area contributed by atoms with Crippen LogP contribution >= 0.6 is 0 Å². The second-order valence-electron chi connectivity index (χ2n) is 10.1. The van der Waals surface area contributed by atoms with Crippen LogP contribution in [0.2, 0.25) is 0 Å². The first-order chi connectivity index (χ1) is 17.2. The lowest BCUT2D eigenvalue weighted by molar-refractivity contribution is -0.138. The molecule has 1 aliphatic carbocycles. The monoisotopic (exact) mass is 500 g/mol. The molecule has 1 amide bonds. The Hall–Kier alpha value is -3.18. The number of ether oxygens (including phenoxy) is 1. The molecule has 2 aromatic heterocycles. The molecule has 36 heavy (non-hydrogen) atoms. The smallest absolute Gasteiger partial charge is 0.378 e. The fraction of sp³-hybridized carbons (Fsp3) is 0.480. The maximum atomic E-state index is 13.6. The summed E-state index contributed by atoms with van der Waals surface area (Å²) < 4.78 is 47.7. The van der Waals surface area contributed by atoms with E-state index in [0.29, 0.717) is 50.4 Å². The highest BCUT2D eigenvalue weighted by Gasteiger charge is 2.53. The van der Waals surface area contributed by atoms with E-state index < -0.39 is 17.3 Å². The number of amides is 1. The van der Waals surface area contributed by atoms with Gasteiger partial charge < -0.3 is 20.3 Å². The number of carbonyl (C=O) groups is 1. The third-order valence-corrected chi connectivity index (χ3v) is 7.79. The number of hydrogen-bond donors (Lipinski definition) is 1. The number of anilines is 1. The third-order valence-electron chi connectivity index (χ3n) is 7.79. The minimum Gasteiger partial charge on any atom is -0.378 e. The van der Waals surface area contributed by atoms with Gasteiger partial charge in [0, 0.05) is 31.7 Å². The molecule has 3 atom stereocenters. The van der Waals surface area contributed by atoms with Crippen LogP contribution in [0.4, 0.5) is 19.0 Å². The van der Waals surface area contributed by atoms with Crippen LogP contribution in [0.3, 0.4) is 0 Å². The second-order valence-corrected chi connectivity index (χ2v) is 10.1. The van der Waals surface area contributed by atoms with Crippen LogP contribution in [0, 0.1) is 5.92 Å². The molecule has 3 fully saturated rings. The largest absolute Gasteiger partial charge is 0.416 e. The normalized spacial score (nSPS) is 26.6. The number of benzene rings is 1. The van der Waals surface area contributed by atoms with E-state index in [-0.39, 0.29) is 23.4 Å². The topological polar surface area (TPSA) is 89.0 Å². The number of carbonyl (C=O) groups excluding carboxylic acids is 1. The molecule has 6 rings (SSSR count). The first-order valence-electron chi connectivity index (χ1n) is 12.1. The zero-order chi connectivity index (χ0) is 25.1. The van der Waals surface area contributed by atoms with Crippen LogP contribution in [-0.2, 0) is 10.9 Å². The van der Waals surface area contributed by atoms with Gasteiger partial charge in [0.2, 0.25) is 0 Å². The minimum absolute atomic E-state index is 0.0733. The average Bonchev–Trinajstić information content (AvgIpc) is 3.52. The molecule has 4 heterocycles. The molecular formula is C25H27F3N6O2. The summed E-state index contributed by atoms with van der Waals surface area (Å²) in [5.41, 5.74) is 6.53. The van der Waals surface area contributed by atoms with Gasteiger partial charge in [0.05, 0.1) is 25.0 Å². The quantitative estimate of drug-likeness (QED) is 0.595. The zero-order valence-corrected chi connectivity index (χ0v) is 19.6. The van der Waals surface area contributed by atoms with Gasteiger partial charge in [0.1, 0.15) is 11.5 Å². The number of likely N-dealkylation sites (tertiary alicyclic amines) is 1. The Kier molecular flexibility index (Phi) is 5.45. The lowest BCUT2D eigenvalue weighted by Crippen LogP contribution is -2.45. The molecular weight excluding hydrogens is 473 g/mol. The molecule has 0 radical (unpaired) electrons. The maximum Gasteiger partial charge on any atom is 0.416 e. The molecule has 1 aromatic carbocycles. The maximum absolute atomic E-state index is 13.6. The zero-order valence-electron chi connectivity index (χ0n) is 19.6. The van der Waals surface area contributed by atoms with Gasteiger partial charge in [-0.2, -0.15) is 13.2 Å². The van der Waals surface area contributed by atoms with Crippen LogP contribution < -0.4 is 10.6 Å². The molecule has 2 saturated heterocycles. The lowest BCUT2D eigenvalue weighted by Gasteiger charge is -2.27. The molecule has 3 aliphatic rings. The number of hydrogen-bond acceptors (Lipinski definition) is 6. The molecule has 0 unspecified atom stereocenters. The predicted octanol–water partition coefficient (Wildman–Crippen LogP) is 2.93. The predicted molar refractivity (Wildman–Crippen MR) is 126 cm³/mol. The summed E-state index contributed by atoms with van der Waals surface area (Å²) in [5.74, 6) is 0.202. The Morgan fingerprint density at radius 1 is 1.14 bits per heavy atom. The molecule has 0 spiro atoms. The van der Waals surface area contributed by atoms with Crippen molar-refractivity contribution in [1.29, 1.82) is 0 Å². The van der Waals surface area contributed by atoms with Crippen molar-refractivity contribution >= 4 is 17.4 Å². The number of morpholine rings is 1. The highest BCUT2D eigenvalue weighted by molar-refractivity contribution is 5.93. The van der Waals surface area contributed by atoms with E-state index in [2.05, 4.69) is 15.0 Å². The van der Waals surface area contributed by atoms with Gasteiger partial charge in [-0.05, 0) is 48.4 Å². The molecule has 2 aliphatic heterocycles. The highest BCUT2D eigenvalue weighted by Crippen LogP contribution is 2.50. The van der Waals surface area contributed by atoms with Crippen molar-refractivity contribution in [3.05, 3.63) is 59.4 Å². The minimum atomic E-state index is -4.41. The van der Waals surface area contributed by atoms with Crippen LogP contribution in [0.25, 0.3) is 5.65 Å². The van der Waals surface area contributed by atoms with E-state index in [1.165, 1.54) is 6.07 Å². The summed E-state index contributed by atoms with van der Waals surface area (Å²) in [6.07, 6.45) is -1.86. The number of imidazole rings is 1. The third kappa shape index (κ3) is 4.00. The number of nitrogens with zero attached hydrogens (tertiary/aromatic N) is 5. The summed E-state index contributed by atoms with van der Waals surface area (Å²) in [7, 11) is 0. The molecule has 8 nitrogen and oxygen atoms in total. The fourth-order valence-corrected chi connectivity index (χ4v) is 6.02. The van der Waals surface area contributed by atoms with Gasteiger partial charge in [-0.3, -0.25) is 4.79 Å². The van der Waals surface area contributed by atoms with Gasteiger partial charge in [0.25, 0.3) is 5.91 Å². The molecule has 190 valence electrons. The summed E-state index contributed by atoms with van der Waals surface area (Å²) >= 11 is 0. The van der Waals surface area contributed by atoms with E-state index in [9.17, 15) is 18.0 Å². The highest BCUT2D eigenvalue weighted by atomic mass is 19.4. The van der Waals surface area contributed by atoms with E-state index in [4.69, 9.17) is 10.5 Å². The SMILES string of the molecule is N[C@@]12C[C@H](c3ccccc3C(F)(F)F)C[C@@H]1CN(C(=O)c1cn3nc(N4CCOCC4)ccc3n1)C2. The van der Waals surface area contributed by atoms with Crippen molar-refractivity contribution in [1.82, 2.24) is 19.5 Å². The Morgan fingerprint density at radius 3 is 2.67 bits per heavy atom. The van der Waals surface area contributed by atoms with Crippen molar-refractivity contribution in [2.24, 2.45) is 11.7 Å². The van der Waals surface area contributed by atoms with Crippen molar-refractivity contribution in [2.45, 2.75) is 30.5 Å². The fourth-order valence-electron chi connectivity index (χ4n) is 6.02. The van der Waals surface area contributed by atoms with Crippen molar-refractivity contribution in [2.75, 3.05) is 44.3 Å². The first kappa shape index (κ1) is 23.2. The van der Waals surface area contributed by atoms with E-state index in [1.807, 2.05) is 12.1 Å². The Balaban J connectivity index is 1.18. The van der Waals surface area contributed by atoms with Crippen LogP contribution in [-0.4, -0.2) is 70.3 Å². The van der Waals surface area contributed by atoms with Gasteiger partial charge in [0.15, 0.2) is 5.65 Å². The molecule has 11 heteroatoms. The van der Waals surface area contributed by atoms with Gasteiger partial charge in [-0.15, -0.1) is 5.10 Å². The van der Waals surface area contributed by atoms with E-state index in [0.717, 1.165) is 25.0 Å². The number of halogens is 3. The summed E-state index contributed by atoms with van der Waals surface area (Å²) in [4.78, 5) is 21.6. The Labute approximate surface area is 205 Å². The van der Waals surface area contributed by atoms with Crippen LogP contribution in [0.5, 0.6) is 0 Å².